The Morgan fingerprint density at radius 2 is 2.20 bits per heavy atom. The van der Waals surface area contributed by atoms with Crippen molar-refractivity contribution in [1.29, 1.82) is 0 Å². The van der Waals surface area contributed by atoms with E-state index in [4.69, 9.17) is 14.3 Å². The molecule has 0 spiro atoms. The summed E-state index contributed by atoms with van der Waals surface area (Å²) in [5.41, 5.74) is -0.849. The van der Waals surface area contributed by atoms with E-state index < -0.39 is 11.6 Å². The van der Waals surface area contributed by atoms with E-state index in [0.717, 1.165) is 6.26 Å². The van der Waals surface area contributed by atoms with E-state index in [1.54, 1.807) is 13.8 Å². The van der Waals surface area contributed by atoms with Gasteiger partial charge in [-0.3, -0.25) is 4.79 Å². The quantitative estimate of drug-likeness (QED) is 0.725. The van der Waals surface area contributed by atoms with Crippen molar-refractivity contribution in [1.82, 2.24) is 0 Å². The average Bonchev–Trinajstić information content (AvgIpc) is 2.47. The first-order valence-corrected chi connectivity index (χ1v) is 4.27. The molecule has 1 aromatic rings. The smallest absolute Gasteiger partial charge is 0.375 e. The Labute approximate surface area is 84.8 Å². The first kappa shape index (κ1) is 9.57. The van der Waals surface area contributed by atoms with E-state index in [2.05, 4.69) is 5.32 Å². The van der Waals surface area contributed by atoms with Crippen LogP contribution in [0.3, 0.4) is 0 Å². The number of nitrogens with one attached hydrogen (secondary N) is 1. The molecule has 2 rings (SSSR count). The molecule has 2 heterocycles. The Hall–Kier alpha value is -1.98. The van der Waals surface area contributed by atoms with Crippen LogP contribution in [-0.4, -0.2) is 22.6 Å². The van der Waals surface area contributed by atoms with Gasteiger partial charge in [0.1, 0.15) is 12.0 Å². The van der Waals surface area contributed by atoms with E-state index in [-0.39, 0.29) is 23.1 Å². The molecule has 80 valence electrons. The standard InChI is InChI=1S/C9H9NO5/c1-9(2)8(13)10-4-3-14-6(7(11)12)5(4)15-9/h3H,1-2H3,(H,10,13)(H,11,12). The Kier molecular flexibility index (Phi) is 1.76. The lowest BCUT2D eigenvalue weighted by atomic mass is 10.1. The number of ether oxygens (including phenoxy) is 1. The minimum atomic E-state index is -1.23. The summed E-state index contributed by atoms with van der Waals surface area (Å²) in [6.45, 7) is 3.09. The van der Waals surface area contributed by atoms with Crippen molar-refractivity contribution in [3.8, 4) is 5.75 Å². The third-order valence-corrected chi connectivity index (χ3v) is 2.09. The second-order valence-corrected chi connectivity index (χ2v) is 3.68. The zero-order chi connectivity index (χ0) is 11.2. The molecular formula is C9H9NO5. The van der Waals surface area contributed by atoms with Crippen molar-refractivity contribution < 1.29 is 23.8 Å². The molecule has 2 N–H and O–H groups in total. The lowest BCUT2D eigenvalue weighted by Crippen LogP contribution is -2.45. The predicted octanol–water partition coefficient (Wildman–Crippen LogP) is 1.09. The molecule has 6 heteroatoms. The topological polar surface area (TPSA) is 88.8 Å². The second kappa shape index (κ2) is 2.75. The van der Waals surface area contributed by atoms with Gasteiger partial charge in [-0.1, -0.05) is 0 Å². The zero-order valence-corrected chi connectivity index (χ0v) is 8.16. The number of carbonyl (C=O) groups is 2. The largest absolute Gasteiger partial charge is 0.475 e. The van der Waals surface area contributed by atoms with Gasteiger partial charge in [0.05, 0.1) is 0 Å². The molecule has 0 atom stereocenters. The lowest BCUT2D eigenvalue weighted by Gasteiger charge is -2.29. The number of carbonyl (C=O) groups excluding carboxylic acids is 1. The van der Waals surface area contributed by atoms with Crippen LogP contribution in [0.5, 0.6) is 5.75 Å². The monoisotopic (exact) mass is 211 g/mol. The van der Waals surface area contributed by atoms with Crippen LogP contribution in [-0.2, 0) is 4.79 Å². The van der Waals surface area contributed by atoms with Crippen molar-refractivity contribution in [2.75, 3.05) is 5.32 Å². The lowest BCUT2D eigenvalue weighted by molar-refractivity contribution is -0.129. The van der Waals surface area contributed by atoms with Gasteiger partial charge in [0.25, 0.3) is 11.7 Å². The van der Waals surface area contributed by atoms with Crippen molar-refractivity contribution in [3.63, 3.8) is 0 Å². The summed E-state index contributed by atoms with van der Waals surface area (Å²) in [7, 11) is 0. The number of carboxylic acids is 1. The maximum Gasteiger partial charge on any atom is 0.375 e. The first-order valence-electron chi connectivity index (χ1n) is 4.27. The summed E-state index contributed by atoms with van der Waals surface area (Å²) in [4.78, 5) is 22.2. The van der Waals surface area contributed by atoms with E-state index in [0.29, 0.717) is 0 Å². The number of hydrogen-bond acceptors (Lipinski definition) is 4. The Balaban J connectivity index is 2.49. The summed E-state index contributed by atoms with van der Waals surface area (Å²) in [6, 6.07) is 0. The molecule has 1 aromatic heterocycles. The number of anilines is 1. The fraction of sp³-hybridized carbons (Fsp3) is 0.333. The van der Waals surface area contributed by atoms with Gasteiger partial charge in [-0.25, -0.2) is 4.79 Å². The Bertz CT molecular complexity index is 445. The SMILES string of the molecule is CC1(C)Oc2c(coc2C(=O)O)NC1=O. The van der Waals surface area contributed by atoms with Crippen LogP contribution < -0.4 is 10.1 Å². The summed E-state index contributed by atoms with van der Waals surface area (Å²) in [5, 5.41) is 11.3. The molecule has 0 bridgehead atoms. The fourth-order valence-corrected chi connectivity index (χ4v) is 1.26. The van der Waals surface area contributed by atoms with E-state index in [1.807, 2.05) is 0 Å². The van der Waals surface area contributed by atoms with Crippen LogP contribution in [0.2, 0.25) is 0 Å². The average molecular weight is 211 g/mol. The van der Waals surface area contributed by atoms with Crippen molar-refractivity contribution in [3.05, 3.63) is 12.0 Å². The van der Waals surface area contributed by atoms with Gasteiger partial charge in [-0.15, -0.1) is 0 Å². The van der Waals surface area contributed by atoms with E-state index in [1.165, 1.54) is 0 Å². The predicted molar refractivity (Wildman–Crippen MR) is 49.0 cm³/mol. The normalized spacial score (nSPS) is 17.6. The minimum absolute atomic E-state index is 0.0621. The van der Waals surface area contributed by atoms with Crippen LogP contribution in [0.25, 0.3) is 0 Å². The highest BCUT2D eigenvalue weighted by Crippen LogP contribution is 2.38. The molecule has 0 saturated carbocycles. The molecular weight excluding hydrogens is 202 g/mol. The number of fused-ring (bicyclic) bond motifs is 1. The molecule has 15 heavy (non-hydrogen) atoms. The fourth-order valence-electron chi connectivity index (χ4n) is 1.26. The molecule has 1 aliphatic rings. The number of amides is 1. The third-order valence-electron chi connectivity index (χ3n) is 2.09. The van der Waals surface area contributed by atoms with Gasteiger partial charge in [0.2, 0.25) is 0 Å². The summed E-state index contributed by atoms with van der Waals surface area (Å²) in [6.07, 6.45) is 1.14. The molecule has 0 aromatic carbocycles. The number of carboxylic acid groups (broad SMARTS) is 1. The molecule has 6 nitrogen and oxygen atoms in total. The van der Waals surface area contributed by atoms with Crippen LogP contribution in [0.4, 0.5) is 5.69 Å². The molecule has 0 aliphatic carbocycles. The van der Waals surface area contributed by atoms with Crippen molar-refractivity contribution >= 4 is 17.6 Å². The summed E-state index contributed by atoms with van der Waals surface area (Å²) in [5.74, 6) is -1.82. The zero-order valence-electron chi connectivity index (χ0n) is 8.16. The maximum absolute atomic E-state index is 11.4. The number of hydrogen-bond donors (Lipinski definition) is 2. The van der Waals surface area contributed by atoms with Crippen LogP contribution in [0.15, 0.2) is 10.7 Å². The minimum Gasteiger partial charge on any atom is -0.475 e. The van der Waals surface area contributed by atoms with Crippen molar-refractivity contribution in [2.45, 2.75) is 19.4 Å². The molecule has 0 unspecified atom stereocenters. The molecule has 0 radical (unpaired) electrons. The third kappa shape index (κ3) is 1.34. The molecule has 0 fully saturated rings. The maximum atomic E-state index is 11.4. The summed E-state index contributed by atoms with van der Waals surface area (Å²) < 4.78 is 10.1. The highest BCUT2D eigenvalue weighted by atomic mass is 16.5. The highest BCUT2D eigenvalue weighted by Gasteiger charge is 2.39. The Morgan fingerprint density at radius 1 is 1.53 bits per heavy atom. The van der Waals surface area contributed by atoms with Gasteiger partial charge in [0.15, 0.2) is 11.4 Å². The molecule has 1 amide bonds. The number of rotatable bonds is 1. The highest BCUT2D eigenvalue weighted by molar-refractivity contribution is 6.02. The van der Waals surface area contributed by atoms with Gasteiger partial charge < -0.3 is 19.6 Å². The molecule has 0 saturated heterocycles. The van der Waals surface area contributed by atoms with Gasteiger partial charge in [0, 0.05) is 0 Å². The molecule has 1 aliphatic heterocycles. The number of aromatic carboxylic acids is 1. The van der Waals surface area contributed by atoms with Crippen LogP contribution in [0, 0.1) is 0 Å². The van der Waals surface area contributed by atoms with Gasteiger partial charge >= 0.3 is 5.97 Å². The van der Waals surface area contributed by atoms with Crippen LogP contribution in [0.1, 0.15) is 24.4 Å². The van der Waals surface area contributed by atoms with Gasteiger partial charge in [-0.2, -0.15) is 0 Å². The van der Waals surface area contributed by atoms with Crippen molar-refractivity contribution in [2.24, 2.45) is 0 Å². The summed E-state index contributed by atoms with van der Waals surface area (Å²) >= 11 is 0. The van der Waals surface area contributed by atoms with Gasteiger partial charge in [-0.05, 0) is 13.8 Å². The second-order valence-electron chi connectivity index (χ2n) is 3.68. The van der Waals surface area contributed by atoms with E-state index >= 15 is 0 Å². The number of furan rings is 1. The first-order chi connectivity index (χ1) is 6.92. The van der Waals surface area contributed by atoms with E-state index in [9.17, 15) is 9.59 Å². The Morgan fingerprint density at radius 3 is 2.80 bits per heavy atom. The van der Waals surface area contributed by atoms with Crippen LogP contribution >= 0.6 is 0 Å².